The Hall–Kier alpha value is -1.88. The van der Waals surface area contributed by atoms with Gasteiger partial charge in [-0.15, -0.1) is 0 Å². The summed E-state index contributed by atoms with van der Waals surface area (Å²) in [6.45, 7) is 1.46. The zero-order valence-electron chi connectivity index (χ0n) is 15.5. The summed E-state index contributed by atoms with van der Waals surface area (Å²) in [5, 5.41) is 6.18. The third-order valence-electron chi connectivity index (χ3n) is 6.67. The summed E-state index contributed by atoms with van der Waals surface area (Å²) in [5.74, 6) is 1.68. The van der Waals surface area contributed by atoms with Crippen molar-refractivity contribution in [3.8, 4) is 0 Å². The molecule has 2 amide bonds. The fourth-order valence-electron chi connectivity index (χ4n) is 5.29. The Bertz CT molecular complexity index is 662. The van der Waals surface area contributed by atoms with Crippen molar-refractivity contribution in [2.75, 3.05) is 20.1 Å². The van der Waals surface area contributed by atoms with Crippen LogP contribution in [-0.2, 0) is 9.59 Å². The largest absolute Gasteiger partial charge is 0.353 e. The van der Waals surface area contributed by atoms with Gasteiger partial charge in [0.25, 0.3) is 0 Å². The molecule has 1 aromatic rings. The number of likely N-dealkylation sites (N-methyl/N-ethyl adjacent to an activating group) is 1. The molecule has 2 aliphatic carbocycles. The van der Waals surface area contributed by atoms with E-state index < -0.39 is 0 Å². The molecule has 0 unspecified atom stereocenters. The number of nitrogens with zero attached hydrogens (tertiary/aromatic N) is 1. The summed E-state index contributed by atoms with van der Waals surface area (Å²) in [6.07, 6.45) is 5.30. The van der Waals surface area contributed by atoms with Gasteiger partial charge in [0.05, 0.1) is 12.5 Å². The summed E-state index contributed by atoms with van der Waals surface area (Å²) in [6, 6.07) is 10.5. The molecular weight excluding hydrogens is 326 g/mol. The van der Waals surface area contributed by atoms with Crippen LogP contribution in [-0.4, -0.2) is 48.9 Å². The number of hydrogen-bond donors (Lipinski definition) is 2. The van der Waals surface area contributed by atoms with Crippen LogP contribution in [0.3, 0.4) is 0 Å². The number of carbonyl (C=O) groups is 2. The molecule has 0 aromatic heterocycles. The van der Waals surface area contributed by atoms with Gasteiger partial charge in [0, 0.05) is 25.0 Å². The third-order valence-corrected chi connectivity index (χ3v) is 6.67. The molecular formula is C21H29N3O2. The van der Waals surface area contributed by atoms with Gasteiger partial charge in [-0.25, -0.2) is 0 Å². The quantitative estimate of drug-likeness (QED) is 0.867. The highest BCUT2D eigenvalue weighted by Crippen LogP contribution is 2.54. The van der Waals surface area contributed by atoms with E-state index >= 15 is 0 Å². The minimum absolute atomic E-state index is 0.00820. The monoisotopic (exact) mass is 355 g/mol. The van der Waals surface area contributed by atoms with Crippen LogP contribution in [0.2, 0.25) is 0 Å². The van der Waals surface area contributed by atoms with Gasteiger partial charge in [-0.05, 0) is 37.3 Å². The van der Waals surface area contributed by atoms with E-state index in [0.29, 0.717) is 24.3 Å². The molecule has 0 spiro atoms. The zero-order valence-corrected chi connectivity index (χ0v) is 15.5. The zero-order chi connectivity index (χ0) is 18.1. The summed E-state index contributed by atoms with van der Waals surface area (Å²) in [7, 11) is 1.92. The van der Waals surface area contributed by atoms with Crippen LogP contribution >= 0.6 is 0 Å². The summed E-state index contributed by atoms with van der Waals surface area (Å²) >= 11 is 0. The lowest BCUT2D eigenvalue weighted by Gasteiger charge is -2.55. The van der Waals surface area contributed by atoms with Crippen LogP contribution in [0.1, 0.15) is 43.6 Å². The minimum atomic E-state index is -0.346. The minimum Gasteiger partial charge on any atom is -0.353 e. The molecule has 0 radical (unpaired) electrons. The molecule has 1 heterocycles. The number of nitrogens with one attached hydrogen (secondary N) is 2. The van der Waals surface area contributed by atoms with Gasteiger partial charge in [-0.1, -0.05) is 43.2 Å². The van der Waals surface area contributed by atoms with E-state index in [9.17, 15) is 9.59 Å². The predicted molar refractivity (Wildman–Crippen MR) is 101 cm³/mol. The van der Waals surface area contributed by atoms with E-state index in [-0.39, 0.29) is 30.3 Å². The van der Waals surface area contributed by atoms with Crippen molar-refractivity contribution in [2.24, 2.45) is 11.8 Å². The Balaban J connectivity index is 1.45. The van der Waals surface area contributed by atoms with Crippen molar-refractivity contribution in [2.45, 2.75) is 50.1 Å². The highest BCUT2D eigenvalue weighted by atomic mass is 16.2. The average Bonchev–Trinajstić information content (AvgIpc) is 2.64. The van der Waals surface area contributed by atoms with Crippen LogP contribution in [0.4, 0.5) is 0 Å². The third kappa shape index (κ3) is 3.25. The van der Waals surface area contributed by atoms with Gasteiger partial charge in [0.15, 0.2) is 0 Å². The Morgan fingerprint density at radius 1 is 1.19 bits per heavy atom. The van der Waals surface area contributed by atoms with Crippen LogP contribution in [0.15, 0.2) is 30.3 Å². The second-order valence-electron chi connectivity index (χ2n) is 8.13. The first kappa shape index (κ1) is 17.5. The smallest absolute Gasteiger partial charge is 0.237 e. The van der Waals surface area contributed by atoms with E-state index in [2.05, 4.69) is 34.9 Å². The second kappa shape index (κ2) is 7.39. The second-order valence-corrected chi connectivity index (χ2v) is 8.13. The van der Waals surface area contributed by atoms with Gasteiger partial charge in [-0.2, -0.15) is 0 Å². The normalized spacial score (nSPS) is 34.3. The number of carbonyl (C=O) groups excluding carboxylic acids is 2. The maximum atomic E-state index is 12.7. The van der Waals surface area contributed by atoms with Crippen molar-refractivity contribution in [3.63, 3.8) is 0 Å². The molecule has 1 aliphatic heterocycles. The van der Waals surface area contributed by atoms with Crippen molar-refractivity contribution in [1.82, 2.24) is 15.5 Å². The number of hydrogen-bond acceptors (Lipinski definition) is 3. The van der Waals surface area contributed by atoms with Gasteiger partial charge in [0.2, 0.25) is 11.8 Å². The predicted octanol–water partition coefficient (Wildman–Crippen LogP) is 1.90. The van der Waals surface area contributed by atoms with Crippen molar-refractivity contribution >= 4 is 11.8 Å². The van der Waals surface area contributed by atoms with Crippen LogP contribution < -0.4 is 10.6 Å². The van der Waals surface area contributed by atoms with Crippen molar-refractivity contribution in [1.29, 1.82) is 0 Å². The van der Waals surface area contributed by atoms with E-state index in [1.165, 1.54) is 31.2 Å². The highest BCUT2D eigenvalue weighted by Gasteiger charge is 2.51. The highest BCUT2D eigenvalue weighted by molar-refractivity contribution is 5.89. The Morgan fingerprint density at radius 2 is 1.92 bits per heavy atom. The molecule has 140 valence electrons. The lowest BCUT2D eigenvalue weighted by molar-refractivity contribution is -0.134. The SMILES string of the molecule is CN1CCNC(=O)[C@@H]1CC(=O)N[C@H]1[C@@H]2CCCC[C@H]2[C@@H]1c1ccccc1. The van der Waals surface area contributed by atoms with Gasteiger partial charge in [0.1, 0.15) is 0 Å². The topological polar surface area (TPSA) is 61.4 Å². The molecule has 4 rings (SSSR count). The lowest BCUT2D eigenvalue weighted by Crippen LogP contribution is -2.61. The number of piperazine rings is 1. The van der Waals surface area contributed by atoms with Gasteiger partial charge >= 0.3 is 0 Å². The molecule has 3 aliphatic rings. The van der Waals surface area contributed by atoms with Crippen molar-refractivity contribution in [3.05, 3.63) is 35.9 Å². The van der Waals surface area contributed by atoms with Gasteiger partial charge < -0.3 is 10.6 Å². The summed E-state index contributed by atoms with van der Waals surface area (Å²) < 4.78 is 0. The molecule has 5 nitrogen and oxygen atoms in total. The van der Waals surface area contributed by atoms with E-state index in [0.717, 1.165) is 6.54 Å². The Morgan fingerprint density at radius 3 is 2.65 bits per heavy atom. The fourth-order valence-corrected chi connectivity index (χ4v) is 5.29. The van der Waals surface area contributed by atoms with Crippen LogP contribution in [0.5, 0.6) is 0 Å². The van der Waals surface area contributed by atoms with E-state index in [1.54, 1.807) is 0 Å². The molecule has 3 fully saturated rings. The molecule has 2 N–H and O–H groups in total. The number of fused-ring (bicyclic) bond motifs is 1. The molecule has 1 aromatic carbocycles. The summed E-state index contributed by atoms with van der Waals surface area (Å²) in [4.78, 5) is 26.8. The average molecular weight is 355 g/mol. The van der Waals surface area contributed by atoms with E-state index in [1.807, 2.05) is 18.0 Å². The van der Waals surface area contributed by atoms with E-state index in [4.69, 9.17) is 0 Å². The molecule has 5 heteroatoms. The van der Waals surface area contributed by atoms with Crippen LogP contribution in [0.25, 0.3) is 0 Å². The molecule has 1 saturated heterocycles. The maximum absolute atomic E-state index is 12.7. The molecule has 5 atom stereocenters. The molecule has 26 heavy (non-hydrogen) atoms. The van der Waals surface area contributed by atoms with Crippen molar-refractivity contribution < 1.29 is 9.59 Å². The molecule has 0 bridgehead atoms. The van der Waals surface area contributed by atoms with Crippen LogP contribution in [0, 0.1) is 11.8 Å². The Kier molecular flexibility index (Phi) is 4.98. The lowest BCUT2D eigenvalue weighted by atomic mass is 9.53. The molecule has 2 saturated carbocycles. The first-order valence-corrected chi connectivity index (χ1v) is 9.97. The Labute approximate surface area is 155 Å². The summed E-state index contributed by atoms with van der Waals surface area (Å²) in [5.41, 5.74) is 1.34. The number of benzene rings is 1. The van der Waals surface area contributed by atoms with Gasteiger partial charge in [-0.3, -0.25) is 14.5 Å². The first-order valence-electron chi connectivity index (χ1n) is 9.97. The first-order chi connectivity index (χ1) is 12.6. The fraction of sp³-hybridized carbons (Fsp3) is 0.619. The standard InChI is InChI=1S/C21H29N3O2/c1-24-12-11-22-21(26)17(24)13-18(25)23-20-16-10-6-5-9-15(16)19(20)14-7-3-2-4-8-14/h2-4,7-8,15-17,19-20H,5-6,9-13H2,1H3,(H,22,26)(H,23,25)/t15-,16-,17+,19+,20+/m1/s1. The number of rotatable bonds is 4. The number of amides is 2. The maximum Gasteiger partial charge on any atom is 0.237 e.